The molecule has 0 N–H and O–H groups in total. The summed E-state index contributed by atoms with van der Waals surface area (Å²) in [6.45, 7) is 0. The van der Waals surface area contributed by atoms with E-state index in [1.165, 1.54) is 0 Å². The summed E-state index contributed by atoms with van der Waals surface area (Å²) >= 11 is 46.0. The predicted octanol–water partition coefficient (Wildman–Crippen LogP) is 5.73. The summed E-state index contributed by atoms with van der Waals surface area (Å²) in [6.07, 6.45) is 0. The fraction of sp³-hybridized carbons (Fsp3) is 0.333. The Labute approximate surface area is 121 Å². The molecule has 0 unspecified atom stereocenters. The van der Waals surface area contributed by atoms with Crippen LogP contribution in [0.2, 0.25) is 0 Å². The molecule has 0 heterocycles. The number of rotatable bonds is 0. The van der Waals surface area contributed by atoms with Crippen molar-refractivity contribution in [2.75, 3.05) is 0 Å². The third-order valence-electron chi connectivity index (χ3n) is 1.56. The summed E-state index contributed by atoms with van der Waals surface area (Å²) in [5.74, 6) is 0. The minimum atomic E-state index is -1.69. The third kappa shape index (κ3) is 1.98. The maximum atomic E-state index is 5.85. The van der Waals surface area contributed by atoms with E-state index in [9.17, 15) is 0 Å². The van der Waals surface area contributed by atoms with E-state index in [0.29, 0.717) is 0 Å². The van der Waals surface area contributed by atoms with Crippen LogP contribution in [0.4, 0.5) is 0 Å². The molecule has 0 aromatic carbocycles. The number of hydrogen-bond acceptors (Lipinski definition) is 0. The molecular weight excluding hydrogens is 356 g/mol. The molecule has 0 aromatic heterocycles. The van der Waals surface area contributed by atoms with Gasteiger partial charge in [-0.05, 0) is 0 Å². The summed E-state index contributed by atoms with van der Waals surface area (Å²) in [5.41, 5.74) is -0.0602. The Balaban J connectivity index is 3.49. The van der Waals surface area contributed by atoms with Crippen LogP contribution in [0.1, 0.15) is 0 Å². The van der Waals surface area contributed by atoms with Gasteiger partial charge in [-0.3, -0.25) is 0 Å². The van der Waals surface area contributed by atoms with Crippen molar-refractivity contribution in [3.05, 3.63) is 20.1 Å². The molecule has 1 aliphatic rings. The van der Waals surface area contributed by atoms with Gasteiger partial charge in [0.05, 0.1) is 10.1 Å². The first-order chi connectivity index (χ1) is 6.13. The molecule has 0 nitrogen and oxygen atoms in total. The second kappa shape index (κ2) is 4.23. The second-order valence-electron chi connectivity index (χ2n) is 2.41. The van der Waals surface area contributed by atoms with Crippen LogP contribution in [0.3, 0.4) is 0 Å². The lowest BCUT2D eigenvalue weighted by molar-refractivity contribution is 1.07. The molecule has 1 rings (SSSR count). The average Bonchev–Trinajstić information content (AvgIpc) is 2.08. The molecule has 0 aliphatic heterocycles. The van der Waals surface area contributed by atoms with E-state index >= 15 is 0 Å². The van der Waals surface area contributed by atoms with Crippen molar-refractivity contribution in [1.82, 2.24) is 0 Å². The van der Waals surface area contributed by atoms with Crippen LogP contribution in [-0.2, 0) is 0 Å². The third-order valence-corrected chi connectivity index (χ3v) is 4.88. The molecule has 0 saturated heterocycles. The van der Waals surface area contributed by atoms with Crippen LogP contribution in [0.25, 0.3) is 0 Å². The fourth-order valence-electron chi connectivity index (χ4n) is 0.930. The van der Waals surface area contributed by atoms with Gasteiger partial charge in [-0.25, -0.2) is 0 Å². The zero-order valence-corrected chi connectivity index (χ0v) is 12.1. The first-order valence-corrected chi connectivity index (χ1v) is 6.04. The first kappa shape index (κ1) is 13.9. The molecule has 0 spiro atoms. The van der Waals surface area contributed by atoms with Gasteiger partial charge in [-0.1, -0.05) is 92.8 Å². The lowest BCUT2D eigenvalue weighted by atomic mass is 10.2. The van der Waals surface area contributed by atoms with Crippen molar-refractivity contribution in [1.29, 1.82) is 0 Å². The zero-order chi connectivity index (χ0) is 11.3. The van der Waals surface area contributed by atoms with E-state index in [0.717, 1.165) is 0 Å². The van der Waals surface area contributed by atoms with Gasteiger partial charge >= 0.3 is 0 Å². The quantitative estimate of drug-likeness (QED) is 0.487. The van der Waals surface area contributed by atoms with Gasteiger partial charge in [0.25, 0.3) is 0 Å². The predicted molar refractivity (Wildman–Crippen MR) is 66.3 cm³/mol. The van der Waals surface area contributed by atoms with Crippen molar-refractivity contribution in [3.63, 3.8) is 0 Å². The average molecular weight is 356 g/mol. The molecule has 1 aliphatic carbocycles. The van der Waals surface area contributed by atoms with Crippen LogP contribution in [0, 0.1) is 0 Å². The van der Waals surface area contributed by atoms with Crippen molar-refractivity contribution in [3.8, 4) is 0 Å². The van der Waals surface area contributed by atoms with Crippen LogP contribution < -0.4 is 0 Å². The van der Waals surface area contributed by atoms with Gasteiger partial charge in [0, 0.05) is 5.57 Å². The first-order valence-electron chi connectivity index (χ1n) is 3.01. The topological polar surface area (TPSA) is 0 Å². The van der Waals surface area contributed by atoms with E-state index in [2.05, 4.69) is 0 Å². The highest BCUT2D eigenvalue weighted by Gasteiger charge is 2.56. The molecule has 0 saturated carbocycles. The highest BCUT2D eigenvalue weighted by atomic mass is 35.5. The SMILES string of the molecule is ClC(Cl)=C1C(Cl)(Cl)C(Cl)=C(Cl)C1(Cl)Cl. The monoisotopic (exact) mass is 352 g/mol. The zero-order valence-electron chi connectivity index (χ0n) is 6.02. The Morgan fingerprint density at radius 1 is 0.786 bits per heavy atom. The number of hydrogen-bond donors (Lipinski definition) is 0. The van der Waals surface area contributed by atoms with Crippen molar-refractivity contribution < 1.29 is 0 Å². The smallest absolute Gasteiger partial charge is 0.0900 e. The van der Waals surface area contributed by atoms with Gasteiger partial charge < -0.3 is 0 Å². The molecule has 0 fully saturated rings. The van der Waals surface area contributed by atoms with Gasteiger partial charge in [0.2, 0.25) is 0 Å². The van der Waals surface area contributed by atoms with Crippen molar-refractivity contribution in [2.24, 2.45) is 0 Å². The van der Waals surface area contributed by atoms with Crippen LogP contribution >= 0.6 is 92.8 Å². The lowest BCUT2D eigenvalue weighted by Crippen LogP contribution is -2.22. The summed E-state index contributed by atoms with van der Waals surface area (Å²) in [6, 6.07) is 0. The van der Waals surface area contributed by atoms with Crippen LogP contribution in [-0.4, -0.2) is 8.67 Å². The molecule has 8 heteroatoms. The maximum absolute atomic E-state index is 5.85. The molecule has 80 valence electrons. The van der Waals surface area contributed by atoms with Gasteiger partial charge in [-0.15, -0.1) is 0 Å². The molecule has 0 atom stereocenters. The van der Waals surface area contributed by atoms with Gasteiger partial charge in [-0.2, -0.15) is 0 Å². The Morgan fingerprint density at radius 3 is 1.21 bits per heavy atom. The minimum absolute atomic E-state index is 0.0602. The van der Waals surface area contributed by atoms with Gasteiger partial charge in [0.1, 0.15) is 4.49 Å². The van der Waals surface area contributed by atoms with E-state index in [-0.39, 0.29) is 20.1 Å². The highest BCUT2D eigenvalue weighted by Crippen LogP contribution is 2.62. The lowest BCUT2D eigenvalue weighted by Gasteiger charge is -2.21. The summed E-state index contributed by atoms with van der Waals surface area (Å²) in [7, 11) is 0. The summed E-state index contributed by atoms with van der Waals surface area (Å²) < 4.78 is -3.66. The van der Waals surface area contributed by atoms with E-state index in [1.54, 1.807) is 0 Å². The molecular formula is C6Cl8. The standard InChI is InChI=1S/C6Cl8/c7-2-3(8)6(13,14)1(4(9)10)5(2,11)12. The van der Waals surface area contributed by atoms with Gasteiger partial charge in [0.15, 0.2) is 8.67 Å². The summed E-state index contributed by atoms with van der Waals surface area (Å²) in [4.78, 5) is 0. The molecule has 0 aromatic rings. The van der Waals surface area contributed by atoms with E-state index in [1.807, 2.05) is 0 Å². The van der Waals surface area contributed by atoms with E-state index in [4.69, 9.17) is 92.8 Å². The largest absolute Gasteiger partial charge is 0.181 e. The Bertz CT molecular complexity index is 306. The van der Waals surface area contributed by atoms with E-state index < -0.39 is 8.67 Å². The summed E-state index contributed by atoms with van der Waals surface area (Å²) in [5, 5.41) is -0.220. The van der Waals surface area contributed by atoms with Crippen LogP contribution in [0.5, 0.6) is 0 Å². The molecule has 0 bridgehead atoms. The van der Waals surface area contributed by atoms with Crippen molar-refractivity contribution >= 4 is 92.8 Å². The molecule has 14 heavy (non-hydrogen) atoms. The minimum Gasteiger partial charge on any atom is -0.0900 e. The van der Waals surface area contributed by atoms with Crippen molar-refractivity contribution in [2.45, 2.75) is 8.67 Å². The van der Waals surface area contributed by atoms with Crippen LogP contribution in [0.15, 0.2) is 20.1 Å². The maximum Gasteiger partial charge on any atom is 0.181 e. The fourth-order valence-corrected chi connectivity index (χ4v) is 4.07. The number of allylic oxidation sites excluding steroid dienone is 3. The Kier molecular flexibility index (Phi) is 4.19. The molecule has 0 amide bonds. The number of alkyl halides is 4. The normalized spacial score (nSPS) is 24.4. The number of halogens is 8. The Hall–Kier alpha value is 1.80. The highest BCUT2D eigenvalue weighted by molar-refractivity contribution is 6.70. The Morgan fingerprint density at radius 2 is 1.07 bits per heavy atom. The molecule has 0 radical (unpaired) electrons. The second-order valence-corrected chi connectivity index (χ2v) is 6.77.